The molecule has 12 heteroatoms. The predicted molar refractivity (Wildman–Crippen MR) is 168 cm³/mol. The van der Waals surface area contributed by atoms with Gasteiger partial charge in [-0.1, -0.05) is 18.2 Å². The Morgan fingerprint density at radius 2 is 1.71 bits per heavy atom. The Morgan fingerprint density at radius 3 is 2.33 bits per heavy atom. The smallest absolute Gasteiger partial charge is 0.410 e. The fourth-order valence-corrected chi connectivity index (χ4v) is 6.42. The molecular weight excluding hydrogens is 670 g/mol. The van der Waals surface area contributed by atoms with Crippen LogP contribution >= 0.6 is 31.9 Å². The van der Waals surface area contributed by atoms with Gasteiger partial charge in [0.25, 0.3) is 0 Å². The first-order valence-corrected chi connectivity index (χ1v) is 15.5. The van der Waals surface area contributed by atoms with Crippen molar-refractivity contribution in [3.05, 3.63) is 56.5 Å². The number of Topliss-reactive ketones (excluding diaryl/α,β-unsaturated/α-hetero) is 1. The highest BCUT2D eigenvalue weighted by Crippen LogP contribution is 2.31. The summed E-state index contributed by atoms with van der Waals surface area (Å²) in [5.74, 6) is -0.655. The van der Waals surface area contributed by atoms with Crippen molar-refractivity contribution in [2.45, 2.75) is 64.1 Å². The van der Waals surface area contributed by atoms with Crippen LogP contribution in [0.2, 0.25) is 0 Å². The van der Waals surface area contributed by atoms with Crippen molar-refractivity contribution >= 4 is 67.0 Å². The number of nitrogen functional groups attached to an aromatic ring is 1. The molecule has 4 rings (SSSR count). The van der Waals surface area contributed by atoms with Gasteiger partial charge in [0.2, 0.25) is 5.91 Å². The van der Waals surface area contributed by atoms with Crippen molar-refractivity contribution in [1.82, 2.24) is 14.7 Å². The number of anilines is 2. The number of carbonyl (C=O) groups excluding carboxylic acids is 4. The molecular formula is C30H37Br2N5O5. The van der Waals surface area contributed by atoms with Crippen molar-refractivity contribution in [3.8, 4) is 0 Å². The summed E-state index contributed by atoms with van der Waals surface area (Å²) in [6, 6.07) is 9.75. The SMILES string of the molecule is CN(C(=O)OC(C)(C)C)[C@H](CC(=O)c1cc(Br)c(N)c(Br)c1)C(=O)N1CCC(N2CCc3ccccc3NC2=O)CC1. The lowest BCUT2D eigenvalue weighted by Crippen LogP contribution is -2.55. The van der Waals surface area contributed by atoms with E-state index in [2.05, 4.69) is 37.2 Å². The first kappa shape index (κ1) is 31.8. The Labute approximate surface area is 263 Å². The predicted octanol–water partition coefficient (Wildman–Crippen LogP) is 5.68. The summed E-state index contributed by atoms with van der Waals surface area (Å²) < 4.78 is 6.62. The fourth-order valence-electron chi connectivity index (χ4n) is 5.24. The Kier molecular flexibility index (Phi) is 9.87. The highest BCUT2D eigenvalue weighted by atomic mass is 79.9. The van der Waals surface area contributed by atoms with Gasteiger partial charge in [0.15, 0.2) is 5.78 Å². The number of urea groups is 1. The van der Waals surface area contributed by atoms with Crippen LogP contribution in [0, 0.1) is 0 Å². The van der Waals surface area contributed by atoms with Crippen LogP contribution in [0.25, 0.3) is 0 Å². The van der Waals surface area contributed by atoms with E-state index in [4.69, 9.17) is 10.5 Å². The maximum Gasteiger partial charge on any atom is 0.410 e. The number of hydrogen-bond donors (Lipinski definition) is 2. The summed E-state index contributed by atoms with van der Waals surface area (Å²) in [7, 11) is 1.48. The number of ketones is 1. The lowest BCUT2D eigenvalue weighted by molar-refractivity contribution is -0.137. The molecule has 1 atom stereocenters. The van der Waals surface area contributed by atoms with Crippen molar-refractivity contribution in [1.29, 1.82) is 0 Å². The molecule has 2 aromatic rings. The van der Waals surface area contributed by atoms with Crippen LogP contribution < -0.4 is 11.1 Å². The van der Waals surface area contributed by atoms with E-state index in [0.717, 1.165) is 17.7 Å². The molecule has 0 bridgehead atoms. The number of amides is 4. The van der Waals surface area contributed by atoms with Crippen molar-refractivity contribution in [2.75, 3.05) is 37.7 Å². The van der Waals surface area contributed by atoms with Gasteiger partial charge in [0.1, 0.15) is 11.6 Å². The van der Waals surface area contributed by atoms with E-state index >= 15 is 0 Å². The van der Waals surface area contributed by atoms with Gasteiger partial charge in [-0.05, 0) is 95.7 Å². The summed E-state index contributed by atoms with van der Waals surface area (Å²) in [5, 5.41) is 3.01. The molecule has 2 aliphatic heterocycles. The zero-order valence-electron chi connectivity index (χ0n) is 24.3. The van der Waals surface area contributed by atoms with Crippen LogP contribution in [0.15, 0.2) is 45.3 Å². The van der Waals surface area contributed by atoms with E-state index in [0.29, 0.717) is 52.7 Å². The largest absolute Gasteiger partial charge is 0.444 e. The van der Waals surface area contributed by atoms with E-state index in [9.17, 15) is 19.2 Å². The number of para-hydroxylation sites is 1. The third kappa shape index (κ3) is 7.44. The molecule has 42 heavy (non-hydrogen) atoms. The molecule has 10 nitrogen and oxygen atoms in total. The minimum absolute atomic E-state index is 0.0310. The molecule has 3 N–H and O–H groups in total. The molecule has 2 aromatic carbocycles. The molecule has 4 amide bonds. The number of piperidine rings is 1. The zero-order valence-corrected chi connectivity index (χ0v) is 27.5. The number of nitrogens with one attached hydrogen (secondary N) is 1. The third-order valence-corrected chi connectivity index (χ3v) is 8.88. The molecule has 0 saturated carbocycles. The zero-order chi connectivity index (χ0) is 30.8. The Morgan fingerprint density at radius 1 is 1.10 bits per heavy atom. The summed E-state index contributed by atoms with van der Waals surface area (Å²) >= 11 is 6.73. The number of rotatable bonds is 6. The number of nitrogens with two attached hydrogens (primary N) is 1. The number of carbonyl (C=O) groups is 4. The van der Waals surface area contributed by atoms with Gasteiger partial charge < -0.3 is 25.6 Å². The monoisotopic (exact) mass is 705 g/mol. The van der Waals surface area contributed by atoms with Crippen molar-refractivity contribution in [3.63, 3.8) is 0 Å². The second-order valence-electron chi connectivity index (χ2n) is 11.7. The molecule has 0 unspecified atom stereocenters. The second-order valence-corrected chi connectivity index (χ2v) is 13.4. The second kappa shape index (κ2) is 13.0. The molecule has 2 heterocycles. The summed E-state index contributed by atoms with van der Waals surface area (Å²) in [4.78, 5) is 58.1. The van der Waals surface area contributed by atoms with Crippen molar-refractivity contribution in [2.24, 2.45) is 0 Å². The van der Waals surface area contributed by atoms with Gasteiger partial charge in [0.05, 0.1) is 5.69 Å². The molecule has 0 aromatic heterocycles. The molecule has 0 aliphatic carbocycles. The van der Waals surface area contributed by atoms with Crippen LogP contribution in [0.3, 0.4) is 0 Å². The lowest BCUT2D eigenvalue weighted by Gasteiger charge is -2.40. The number of hydrogen-bond acceptors (Lipinski definition) is 6. The van der Waals surface area contributed by atoms with Gasteiger partial charge in [-0.25, -0.2) is 9.59 Å². The lowest BCUT2D eigenvalue weighted by atomic mass is 9.98. The number of halogens is 2. The molecule has 226 valence electrons. The van der Waals surface area contributed by atoms with E-state index < -0.39 is 17.7 Å². The maximum atomic E-state index is 13.9. The molecule has 2 aliphatic rings. The molecule has 1 fully saturated rings. The number of benzene rings is 2. The number of likely N-dealkylation sites (tertiary alicyclic amines) is 1. The quantitative estimate of drug-likeness (QED) is 0.294. The fraction of sp³-hybridized carbons (Fsp3) is 0.467. The minimum atomic E-state index is -1.07. The van der Waals surface area contributed by atoms with E-state index in [1.165, 1.54) is 11.9 Å². The Balaban J connectivity index is 1.48. The third-order valence-electron chi connectivity index (χ3n) is 7.57. The van der Waals surface area contributed by atoms with Gasteiger partial charge in [-0.15, -0.1) is 0 Å². The average molecular weight is 707 g/mol. The van der Waals surface area contributed by atoms with Gasteiger partial charge in [-0.2, -0.15) is 0 Å². The number of nitrogens with zero attached hydrogens (tertiary/aromatic N) is 3. The normalized spacial score (nSPS) is 16.7. The van der Waals surface area contributed by atoms with Crippen LogP contribution in [-0.2, 0) is 16.0 Å². The average Bonchev–Trinajstić information content (AvgIpc) is 3.10. The van der Waals surface area contributed by atoms with Crippen LogP contribution in [0.4, 0.5) is 21.0 Å². The van der Waals surface area contributed by atoms with Crippen LogP contribution in [-0.4, -0.2) is 82.9 Å². The topological polar surface area (TPSA) is 125 Å². The van der Waals surface area contributed by atoms with E-state index in [1.807, 2.05) is 29.2 Å². The van der Waals surface area contributed by atoms with E-state index in [1.54, 1.807) is 37.8 Å². The van der Waals surface area contributed by atoms with Crippen LogP contribution in [0.5, 0.6) is 0 Å². The maximum absolute atomic E-state index is 13.9. The number of likely N-dealkylation sites (N-methyl/N-ethyl adjacent to an activating group) is 1. The Bertz CT molecular complexity index is 1350. The molecule has 0 radical (unpaired) electrons. The van der Waals surface area contributed by atoms with Gasteiger partial charge in [0, 0.05) is 59.3 Å². The first-order valence-electron chi connectivity index (χ1n) is 13.9. The number of ether oxygens (including phenoxy) is 1. The van der Waals surface area contributed by atoms with Gasteiger partial charge in [-0.3, -0.25) is 14.5 Å². The highest BCUT2D eigenvalue weighted by Gasteiger charge is 2.38. The standard InChI is InChI=1S/C30H37Br2N5O5/c1-30(2,3)42-29(41)35(4)24(17-25(38)19-15-21(31)26(33)22(32)16-19)27(39)36-12-10-20(11-13-36)37-14-9-18-7-5-6-8-23(18)34-28(37)40/h5-8,15-16,20,24H,9-14,17,33H2,1-4H3,(H,34,40)/t24-/m1/s1. The number of fused-ring (bicyclic) bond motifs is 1. The highest BCUT2D eigenvalue weighted by molar-refractivity contribution is 9.11. The summed E-state index contributed by atoms with van der Waals surface area (Å²) in [5.41, 5.74) is 7.94. The van der Waals surface area contributed by atoms with Crippen LogP contribution in [0.1, 0.15) is 56.0 Å². The summed E-state index contributed by atoms with van der Waals surface area (Å²) in [6.45, 7) is 6.61. The van der Waals surface area contributed by atoms with Crippen molar-refractivity contribution < 1.29 is 23.9 Å². The minimum Gasteiger partial charge on any atom is -0.444 e. The first-order chi connectivity index (χ1) is 19.7. The molecule has 1 saturated heterocycles. The molecule has 0 spiro atoms. The van der Waals surface area contributed by atoms with Gasteiger partial charge >= 0.3 is 12.1 Å². The van der Waals surface area contributed by atoms with E-state index in [-0.39, 0.29) is 30.2 Å². The Hall–Kier alpha value is -3.12. The summed E-state index contributed by atoms with van der Waals surface area (Å²) in [6.07, 6.45) is 0.998.